The molecule has 1 saturated carbocycles. The van der Waals surface area contributed by atoms with Crippen molar-refractivity contribution in [2.24, 2.45) is 17.4 Å². The van der Waals surface area contributed by atoms with Gasteiger partial charge < -0.3 is 16.8 Å². The van der Waals surface area contributed by atoms with Gasteiger partial charge in [-0.2, -0.15) is 0 Å². The molecule has 1 aliphatic rings. The van der Waals surface area contributed by atoms with E-state index in [0.29, 0.717) is 11.3 Å². The first-order chi connectivity index (χ1) is 9.81. The summed E-state index contributed by atoms with van der Waals surface area (Å²) < 4.78 is 0. The van der Waals surface area contributed by atoms with Gasteiger partial charge in [-0.25, -0.2) is 0 Å². The van der Waals surface area contributed by atoms with Crippen LogP contribution < -0.4 is 16.8 Å². The number of anilines is 1. The van der Waals surface area contributed by atoms with E-state index in [1.165, 1.54) is 0 Å². The second-order valence-corrected chi connectivity index (χ2v) is 6.19. The fourth-order valence-electron chi connectivity index (χ4n) is 3.04. The van der Waals surface area contributed by atoms with Gasteiger partial charge in [-0.1, -0.05) is 12.8 Å². The summed E-state index contributed by atoms with van der Waals surface area (Å²) in [6.45, 7) is 3.74. The van der Waals surface area contributed by atoms with Gasteiger partial charge in [0.25, 0.3) is 0 Å². The number of primary amides is 1. The largest absolute Gasteiger partial charge is 0.366 e. The maximum absolute atomic E-state index is 12.4. The quantitative estimate of drug-likeness (QED) is 0.793. The maximum Gasteiger partial charge on any atom is 0.248 e. The molecule has 0 radical (unpaired) electrons. The first kappa shape index (κ1) is 15.5. The molecule has 1 fully saturated rings. The molecular weight excluding hydrogens is 266 g/mol. The standard InChI is InChI=1S/C16H23N3O2/c1-10-9-11(6-7-12(10)14(17)20)19-15(21)13-5-3-4-8-16(13,2)18/h6-7,9,13H,3-5,8,18H2,1-2H3,(H2,17,20)(H,19,21). The Morgan fingerprint density at radius 1 is 1.33 bits per heavy atom. The number of carbonyl (C=O) groups is 2. The molecule has 1 aromatic rings. The van der Waals surface area contributed by atoms with Crippen LogP contribution in [0.25, 0.3) is 0 Å². The van der Waals surface area contributed by atoms with Crippen LogP contribution in [-0.4, -0.2) is 17.4 Å². The summed E-state index contributed by atoms with van der Waals surface area (Å²) in [5.41, 5.74) is 13.0. The lowest BCUT2D eigenvalue weighted by atomic mass is 9.74. The predicted octanol–water partition coefficient (Wildman–Crippen LogP) is 1.94. The normalized spacial score (nSPS) is 25.4. The molecule has 2 rings (SSSR count). The molecule has 2 unspecified atom stereocenters. The first-order valence-electron chi connectivity index (χ1n) is 7.31. The van der Waals surface area contributed by atoms with Gasteiger partial charge in [-0.05, 0) is 50.5 Å². The molecule has 0 saturated heterocycles. The molecule has 0 heterocycles. The van der Waals surface area contributed by atoms with Crippen LogP contribution in [0.3, 0.4) is 0 Å². The SMILES string of the molecule is Cc1cc(NC(=O)C2CCCCC2(C)N)ccc1C(N)=O. The van der Waals surface area contributed by atoms with Crippen molar-refractivity contribution in [3.8, 4) is 0 Å². The van der Waals surface area contributed by atoms with Crippen molar-refractivity contribution >= 4 is 17.5 Å². The number of rotatable bonds is 3. The fraction of sp³-hybridized carbons (Fsp3) is 0.500. The minimum Gasteiger partial charge on any atom is -0.366 e. The van der Waals surface area contributed by atoms with E-state index in [1.807, 2.05) is 6.92 Å². The van der Waals surface area contributed by atoms with Crippen molar-refractivity contribution in [2.75, 3.05) is 5.32 Å². The molecular formula is C16H23N3O2. The molecule has 2 atom stereocenters. The molecule has 0 spiro atoms. The Morgan fingerprint density at radius 3 is 2.62 bits per heavy atom. The molecule has 0 aliphatic heterocycles. The molecule has 1 aromatic carbocycles. The number of amides is 2. The number of hydrogen-bond donors (Lipinski definition) is 3. The van der Waals surface area contributed by atoms with Crippen LogP contribution in [0.15, 0.2) is 18.2 Å². The van der Waals surface area contributed by atoms with E-state index in [1.54, 1.807) is 25.1 Å². The van der Waals surface area contributed by atoms with Crippen LogP contribution >= 0.6 is 0 Å². The van der Waals surface area contributed by atoms with Gasteiger partial charge in [0.05, 0.1) is 5.92 Å². The number of hydrogen-bond acceptors (Lipinski definition) is 3. The predicted molar refractivity (Wildman–Crippen MR) is 82.9 cm³/mol. The molecule has 1 aliphatic carbocycles. The van der Waals surface area contributed by atoms with Crippen LogP contribution in [0.2, 0.25) is 0 Å². The highest BCUT2D eigenvalue weighted by molar-refractivity contribution is 5.97. The third kappa shape index (κ3) is 3.42. The van der Waals surface area contributed by atoms with Gasteiger partial charge >= 0.3 is 0 Å². The second-order valence-electron chi connectivity index (χ2n) is 6.19. The number of benzene rings is 1. The van der Waals surface area contributed by atoms with Crippen LogP contribution in [0.1, 0.15) is 48.5 Å². The van der Waals surface area contributed by atoms with Gasteiger partial charge in [-0.3, -0.25) is 9.59 Å². The minimum atomic E-state index is -0.466. The van der Waals surface area contributed by atoms with Crippen molar-refractivity contribution in [2.45, 2.75) is 45.1 Å². The Hall–Kier alpha value is -1.88. The first-order valence-corrected chi connectivity index (χ1v) is 7.31. The second kappa shape index (κ2) is 5.85. The summed E-state index contributed by atoms with van der Waals surface area (Å²) in [4.78, 5) is 23.6. The Bertz CT molecular complexity index is 567. The summed E-state index contributed by atoms with van der Waals surface area (Å²) in [6.07, 6.45) is 3.79. The molecule has 21 heavy (non-hydrogen) atoms. The Balaban J connectivity index is 2.12. The third-order valence-electron chi connectivity index (χ3n) is 4.33. The molecule has 0 bridgehead atoms. The van der Waals surface area contributed by atoms with Crippen LogP contribution in [-0.2, 0) is 4.79 Å². The maximum atomic E-state index is 12.4. The van der Waals surface area contributed by atoms with Crippen LogP contribution in [0.4, 0.5) is 5.69 Å². The fourth-order valence-corrected chi connectivity index (χ4v) is 3.04. The highest BCUT2D eigenvalue weighted by Crippen LogP contribution is 2.32. The summed E-state index contributed by atoms with van der Waals surface area (Å²) in [5, 5.41) is 2.90. The monoisotopic (exact) mass is 289 g/mol. The number of nitrogens with one attached hydrogen (secondary N) is 1. The highest BCUT2D eigenvalue weighted by atomic mass is 16.2. The van der Waals surface area contributed by atoms with E-state index < -0.39 is 11.4 Å². The van der Waals surface area contributed by atoms with Crippen molar-refractivity contribution in [3.63, 3.8) is 0 Å². The zero-order valence-electron chi connectivity index (χ0n) is 12.6. The lowest BCUT2D eigenvalue weighted by Crippen LogP contribution is -2.51. The molecule has 114 valence electrons. The van der Waals surface area contributed by atoms with Gasteiger partial charge in [0.2, 0.25) is 11.8 Å². The zero-order chi connectivity index (χ0) is 15.6. The number of nitrogens with two attached hydrogens (primary N) is 2. The zero-order valence-corrected chi connectivity index (χ0v) is 12.6. The van der Waals surface area contributed by atoms with Crippen molar-refractivity contribution < 1.29 is 9.59 Å². The van der Waals surface area contributed by atoms with Gasteiger partial charge in [0, 0.05) is 16.8 Å². The van der Waals surface area contributed by atoms with E-state index in [9.17, 15) is 9.59 Å². The van der Waals surface area contributed by atoms with Crippen LogP contribution in [0.5, 0.6) is 0 Å². The molecule has 2 amide bonds. The van der Waals surface area contributed by atoms with E-state index in [2.05, 4.69) is 5.32 Å². The van der Waals surface area contributed by atoms with Crippen molar-refractivity contribution in [1.82, 2.24) is 0 Å². The van der Waals surface area contributed by atoms with Crippen molar-refractivity contribution in [3.05, 3.63) is 29.3 Å². The van der Waals surface area contributed by atoms with Gasteiger partial charge in [0.1, 0.15) is 0 Å². The van der Waals surface area contributed by atoms with Crippen molar-refractivity contribution in [1.29, 1.82) is 0 Å². The van der Waals surface area contributed by atoms with E-state index in [-0.39, 0.29) is 11.8 Å². The molecule has 5 nitrogen and oxygen atoms in total. The Morgan fingerprint density at radius 2 is 2.05 bits per heavy atom. The molecule has 5 N–H and O–H groups in total. The molecule has 0 aromatic heterocycles. The summed E-state index contributed by atoms with van der Waals surface area (Å²) in [6, 6.07) is 5.09. The van der Waals surface area contributed by atoms with E-state index in [0.717, 1.165) is 31.2 Å². The summed E-state index contributed by atoms with van der Waals surface area (Å²) in [7, 11) is 0. The van der Waals surface area contributed by atoms with Crippen LogP contribution in [0, 0.1) is 12.8 Å². The number of carbonyl (C=O) groups excluding carboxylic acids is 2. The lowest BCUT2D eigenvalue weighted by Gasteiger charge is -2.37. The van der Waals surface area contributed by atoms with E-state index in [4.69, 9.17) is 11.5 Å². The Labute approximate surface area is 125 Å². The lowest BCUT2D eigenvalue weighted by molar-refractivity contribution is -0.122. The van der Waals surface area contributed by atoms with Gasteiger partial charge in [0.15, 0.2) is 0 Å². The average molecular weight is 289 g/mol. The number of aryl methyl sites for hydroxylation is 1. The minimum absolute atomic E-state index is 0.0501. The van der Waals surface area contributed by atoms with E-state index >= 15 is 0 Å². The highest BCUT2D eigenvalue weighted by Gasteiger charge is 2.37. The molecule has 5 heteroatoms. The summed E-state index contributed by atoms with van der Waals surface area (Å²) >= 11 is 0. The van der Waals surface area contributed by atoms with Gasteiger partial charge in [-0.15, -0.1) is 0 Å². The average Bonchev–Trinajstić information content (AvgIpc) is 2.37. The summed E-state index contributed by atoms with van der Waals surface area (Å²) in [5.74, 6) is -0.694. The third-order valence-corrected chi connectivity index (χ3v) is 4.33. The smallest absolute Gasteiger partial charge is 0.248 e. The topological polar surface area (TPSA) is 98.2 Å². The Kier molecular flexibility index (Phi) is 4.32.